The molecule has 0 spiro atoms. The molecule has 0 aliphatic heterocycles. The van der Waals surface area contributed by atoms with Crippen LogP contribution in [0.2, 0.25) is 0 Å². The van der Waals surface area contributed by atoms with Crippen molar-refractivity contribution in [3.8, 4) is 5.75 Å². The highest BCUT2D eigenvalue weighted by Crippen LogP contribution is 2.22. The van der Waals surface area contributed by atoms with Crippen molar-refractivity contribution in [3.63, 3.8) is 0 Å². The highest BCUT2D eigenvalue weighted by molar-refractivity contribution is 5.96. The second-order valence-corrected chi connectivity index (χ2v) is 2.62. The highest BCUT2D eigenvalue weighted by atomic mass is 19.1. The second kappa shape index (κ2) is 2.93. The molecule has 0 amide bonds. The summed E-state index contributed by atoms with van der Waals surface area (Å²) in [5.74, 6) is -1.01. The minimum absolute atomic E-state index is 0.0324. The van der Waals surface area contributed by atoms with Gasteiger partial charge in [-0.05, 0) is 26.0 Å². The maximum absolute atomic E-state index is 12.9. The molecule has 0 radical (unpaired) electrons. The van der Waals surface area contributed by atoms with E-state index < -0.39 is 5.82 Å². The smallest absolute Gasteiger partial charge is 0.163 e. The zero-order valence-corrected chi connectivity index (χ0v) is 6.89. The molecule has 0 atom stereocenters. The van der Waals surface area contributed by atoms with E-state index >= 15 is 0 Å². The lowest BCUT2D eigenvalue weighted by atomic mass is 10.0. The van der Waals surface area contributed by atoms with Gasteiger partial charge >= 0.3 is 0 Å². The van der Waals surface area contributed by atoms with Crippen molar-refractivity contribution in [2.24, 2.45) is 0 Å². The molecule has 1 N–H and O–H groups in total. The van der Waals surface area contributed by atoms with E-state index in [0.717, 1.165) is 6.07 Å². The summed E-state index contributed by atoms with van der Waals surface area (Å²) in [7, 11) is 0. The first kappa shape index (κ1) is 8.71. The molecular weight excluding hydrogens is 159 g/mol. The van der Waals surface area contributed by atoms with Crippen molar-refractivity contribution in [3.05, 3.63) is 29.1 Å². The highest BCUT2D eigenvalue weighted by Gasteiger charge is 2.12. The lowest BCUT2D eigenvalue weighted by molar-refractivity contribution is 0.101. The van der Waals surface area contributed by atoms with E-state index in [-0.39, 0.29) is 17.1 Å². The second-order valence-electron chi connectivity index (χ2n) is 2.62. The van der Waals surface area contributed by atoms with Crippen LogP contribution in [0.4, 0.5) is 4.39 Å². The summed E-state index contributed by atoms with van der Waals surface area (Å²) in [6.45, 7) is 2.78. The molecule has 0 saturated carbocycles. The molecule has 12 heavy (non-hydrogen) atoms. The first-order valence-electron chi connectivity index (χ1n) is 3.53. The normalized spacial score (nSPS) is 9.92. The number of hydrogen-bond acceptors (Lipinski definition) is 2. The van der Waals surface area contributed by atoms with Crippen molar-refractivity contribution >= 4 is 5.78 Å². The third-order valence-corrected chi connectivity index (χ3v) is 1.74. The fourth-order valence-corrected chi connectivity index (χ4v) is 1.10. The van der Waals surface area contributed by atoms with Crippen LogP contribution in [0.5, 0.6) is 5.75 Å². The Balaban J connectivity index is 3.43. The number of carbonyl (C=O) groups is 1. The lowest BCUT2D eigenvalue weighted by Crippen LogP contribution is -2.00. The van der Waals surface area contributed by atoms with E-state index in [2.05, 4.69) is 0 Å². The maximum Gasteiger partial charge on any atom is 0.163 e. The molecule has 0 bridgehead atoms. The number of aromatic hydroxyl groups is 1. The number of halogens is 1. The van der Waals surface area contributed by atoms with Crippen LogP contribution in [0.1, 0.15) is 22.8 Å². The summed E-state index contributed by atoms with van der Waals surface area (Å²) in [5, 5.41) is 9.15. The number of carbonyl (C=O) groups excluding carboxylic acids is 1. The molecule has 0 heterocycles. The van der Waals surface area contributed by atoms with Crippen molar-refractivity contribution in [2.75, 3.05) is 0 Å². The van der Waals surface area contributed by atoms with Crippen LogP contribution in [0.25, 0.3) is 0 Å². The summed E-state index contributed by atoms with van der Waals surface area (Å²) in [5.41, 5.74) is 0.262. The predicted octanol–water partition coefficient (Wildman–Crippen LogP) is 2.04. The molecule has 1 aromatic carbocycles. The monoisotopic (exact) mass is 168 g/mol. The summed E-state index contributed by atoms with van der Waals surface area (Å²) < 4.78 is 12.9. The number of benzene rings is 1. The quantitative estimate of drug-likeness (QED) is 0.651. The fraction of sp³-hybridized carbons (Fsp3) is 0.222. The van der Waals surface area contributed by atoms with Gasteiger partial charge in [0, 0.05) is 5.56 Å². The van der Waals surface area contributed by atoms with Gasteiger partial charge in [0.15, 0.2) is 5.78 Å². The molecule has 1 aromatic rings. The van der Waals surface area contributed by atoms with E-state index in [1.54, 1.807) is 0 Å². The van der Waals surface area contributed by atoms with E-state index in [9.17, 15) is 9.18 Å². The molecule has 64 valence electrons. The van der Waals surface area contributed by atoms with Gasteiger partial charge in [0.05, 0.1) is 5.56 Å². The molecule has 0 aliphatic carbocycles. The van der Waals surface area contributed by atoms with Crippen molar-refractivity contribution in [1.29, 1.82) is 0 Å². The zero-order valence-electron chi connectivity index (χ0n) is 6.89. The van der Waals surface area contributed by atoms with Crippen molar-refractivity contribution < 1.29 is 14.3 Å². The Hall–Kier alpha value is -1.38. The van der Waals surface area contributed by atoms with Gasteiger partial charge in [0.1, 0.15) is 11.6 Å². The molecule has 2 nitrogen and oxygen atoms in total. The molecule has 0 aliphatic rings. The number of rotatable bonds is 1. The molecule has 0 saturated heterocycles. The fourth-order valence-electron chi connectivity index (χ4n) is 1.10. The number of Topliss-reactive ketones (excluding diaryl/α,β-unsaturated/α-hetero) is 1. The van der Waals surface area contributed by atoms with Gasteiger partial charge in [-0.25, -0.2) is 4.39 Å². The third kappa shape index (κ3) is 1.30. The van der Waals surface area contributed by atoms with Gasteiger partial charge in [0.2, 0.25) is 0 Å². The Labute approximate surface area is 69.6 Å². The first-order chi connectivity index (χ1) is 5.54. The minimum Gasteiger partial charge on any atom is -0.508 e. The number of phenolic OH excluding ortho intramolecular Hbond substituents is 1. The summed E-state index contributed by atoms with van der Waals surface area (Å²) in [6, 6.07) is 2.32. The van der Waals surface area contributed by atoms with Crippen LogP contribution in [0, 0.1) is 12.7 Å². The average Bonchev–Trinajstić information content (AvgIpc) is 1.97. The van der Waals surface area contributed by atoms with E-state index in [1.807, 2.05) is 0 Å². The largest absolute Gasteiger partial charge is 0.508 e. The van der Waals surface area contributed by atoms with Gasteiger partial charge in [-0.3, -0.25) is 4.79 Å². The summed E-state index contributed by atoms with van der Waals surface area (Å²) in [6.07, 6.45) is 0. The average molecular weight is 168 g/mol. The SMILES string of the molecule is CC(=O)c1c(F)ccc(O)c1C. The van der Waals surface area contributed by atoms with Gasteiger partial charge in [-0.1, -0.05) is 0 Å². The zero-order chi connectivity index (χ0) is 9.30. The van der Waals surface area contributed by atoms with Crippen LogP contribution >= 0.6 is 0 Å². The predicted molar refractivity (Wildman–Crippen MR) is 42.8 cm³/mol. The molecule has 0 fully saturated rings. The van der Waals surface area contributed by atoms with Gasteiger partial charge in [-0.2, -0.15) is 0 Å². The standard InChI is InChI=1S/C9H9FO2/c1-5-8(12)4-3-7(10)9(5)6(2)11/h3-4,12H,1-2H3. The van der Waals surface area contributed by atoms with Gasteiger partial charge in [-0.15, -0.1) is 0 Å². The minimum atomic E-state index is -0.585. The van der Waals surface area contributed by atoms with Crippen LogP contribution in [0.3, 0.4) is 0 Å². The summed E-state index contributed by atoms with van der Waals surface area (Å²) >= 11 is 0. The lowest BCUT2D eigenvalue weighted by Gasteiger charge is -2.04. The van der Waals surface area contributed by atoms with Gasteiger partial charge in [0.25, 0.3) is 0 Å². The Morgan fingerprint density at radius 3 is 2.50 bits per heavy atom. The van der Waals surface area contributed by atoms with Crippen molar-refractivity contribution in [2.45, 2.75) is 13.8 Å². The number of hydrogen-bond donors (Lipinski definition) is 1. The molecular formula is C9H9FO2. The molecule has 0 unspecified atom stereocenters. The Morgan fingerprint density at radius 2 is 2.08 bits per heavy atom. The Morgan fingerprint density at radius 1 is 1.50 bits per heavy atom. The third-order valence-electron chi connectivity index (χ3n) is 1.74. The van der Waals surface area contributed by atoms with Crippen molar-refractivity contribution in [1.82, 2.24) is 0 Å². The Kier molecular flexibility index (Phi) is 2.13. The first-order valence-corrected chi connectivity index (χ1v) is 3.53. The van der Waals surface area contributed by atoms with E-state index in [1.165, 1.54) is 19.9 Å². The maximum atomic E-state index is 12.9. The van der Waals surface area contributed by atoms with Crippen LogP contribution in [-0.2, 0) is 0 Å². The molecule has 1 rings (SSSR count). The number of phenols is 1. The van der Waals surface area contributed by atoms with Gasteiger partial charge < -0.3 is 5.11 Å². The topological polar surface area (TPSA) is 37.3 Å². The Bertz CT molecular complexity index is 332. The van der Waals surface area contributed by atoms with E-state index in [0.29, 0.717) is 5.56 Å². The van der Waals surface area contributed by atoms with E-state index in [4.69, 9.17) is 5.11 Å². The molecule has 3 heteroatoms. The molecule has 0 aromatic heterocycles. The summed E-state index contributed by atoms with van der Waals surface area (Å²) in [4.78, 5) is 10.9. The van der Waals surface area contributed by atoms with Crippen LogP contribution in [0.15, 0.2) is 12.1 Å². The van der Waals surface area contributed by atoms with Crippen LogP contribution < -0.4 is 0 Å². The number of ketones is 1. The van der Waals surface area contributed by atoms with Crippen LogP contribution in [-0.4, -0.2) is 10.9 Å².